The highest BCUT2D eigenvalue weighted by molar-refractivity contribution is 5.66. The maximum atomic E-state index is 2.52. The van der Waals surface area contributed by atoms with Crippen LogP contribution in [0, 0.1) is 0 Å². The summed E-state index contributed by atoms with van der Waals surface area (Å²) in [6.45, 7) is 0.808. The molecule has 2 aliphatic rings. The molecule has 8 rings (SSSR count). The van der Waals surface area contributed by atoms with E-state index in [-0.39, 0.29) is 12.1 Å². The molecule has 3 heteroatoms. The SMILES string of the molecule is c1ccc2c(c1)CC1c3ccccc3-c3cccc[n+]3CC(c3ccccc3-c3cccc[n+]31)[n+]1ccccc1-2. The zero-order valence-corrected chi connectivity index (χ0v) is 22.3. The van der Waals surface area contributed by atoms with Gasteiger partial charge in [0, 0.05) is 59.5 Å². The molecule has 0 N–H and O–H groups in total. The number of nitrogens with zero attached hydrogens (tertiary/aromatic N) is 3. The lowest BCUT2D eigenvalue weighted by Crippen LogP contribution is -2.51. The van der Waals surface area contributed by atoms with Gasteiger partial charge in [-0.2, -0.15) is 13.7 Å². The van der Waals surface area contributed by atoms with Gasteiger partial charge in [-0.15, -0.1) is 0 Å². The van der Waals surface area contributed by atoms with Gasteiger partial charge in [-0.05, 0) is 42.0 Å². The maximum absolute atomic E-state index is 2.52. The smallest absolute Gasteiger partial charge is 0.191 e. The topological polar surface area (TPSA) is 11.6 Å². The minimum atomic E-state index is 0.0714. The first-order valence-electron chi connectivity index (χ1n) is 14.1. The van der Waals surface area contributed by atoms with Crippen LogP contribution in [-0.4, -0.2) is 0 Å². The molecule has 0 saturated carbocycles. The maximum Gasteiger partial charge on any atom is 0.243 e. The Morgan fingerprint density at radius 1 is 0.425 bits per heavy atom. The van der Waals surface area contributed by atoms with Crippen molar-refractivity contribution in [2.24, 2.45) is 0 Å². The normalized spacial score (nSPS) is 16.8. The van der Waals surface area contributed by atoms with Crippen molar-refractivity contribution in [1.82, 2.24) is 0 Å². The molecule has 5 heterocycles. The summed E-state index contributed by atoms with van der Waals surface area (Å²) in [5, 5.41) is 0. The summed E-state index contributed by atoms with van der Waals surface area (Å²) in [5.74, 6) is 0. The van der Waals surface area contributed by atoms with E-state index in [0.717, 1.165) is 13.0 Å². The van der Waals surface area contributed by atoms with Crippen LogP contribution in [0.3, 0.4) is 0 Å². The van der Waals surface area contributed by atoms with Gasteiger partial charge in [0.25, 0.3) is 0 Å². The molecule has 0 radical (unpaired) electrons. The molecule has 0 aliphatic carbocycles. The fourth-order valence-corrected chi connectivity index (χ4v) is 6.87. The van der Waals surface area contributed by atoms with Gasteiger partial charge < -0.3 is 0 Å². The predicted molar refractivity (Wildman–Crippen MR) is 156 cm³/mol. The van der Waals surface area contributed by atoms with Crippen LogP contribution >= 0.6 is 0 Å². The van der Waals surface area contributed by atoms with E-state index < -0.39 is 0 Å². The van der Waals surface area contributed by atoms with E-state index in [1.807, 2.05) is 0 Å². The van der Waals surface area contributed by atoms with E-state index in [2.05, 4.69) is 160 Å². The second-order valence-corrected chi connectivity index (χ2v) is 10.8. The molecule has 0 amide bonds. The molecule has 0 saturated heterocycles. The molecular weight excluding hydrogens is 486 g/mol. The van der Waals surface area contributed by atoms with E-state index in [1.54, 1.807) is 0 Å². The fourth-order valence-electron chi connectivity index (χ4n) is 6.87. The Morgan fingerprint density at radius 2 is 0.925 bits per heavy atom. The lowest BCUT2D eigenvalue weighted by atomic mass is 9.89. The summed E-state index contributed by atoms with van der Waals surface area (Å²) in [5.41, 5.74) is 11.6. The number of aromatic nitrogens is 3. The van der Waals surface area contributed by atoms with Crippen LogP contribution in [0.2, 0.25) is 0 Å². The lowest BCUT2D eigenvalue weighted by Gasteiger charge is -2.20. The third-order valence-corrected chi connectivity index (χ3v) is 8.66. The standard InChI is InChI=1S/C37H30N3/c1-2-14-28-27(13-1)25-36-31-17-5-3-15-29(31)33-19-7-10-22-38(33)26-37(40-24-12-8-20-34(28)40)32-18-6-4-16-30(32)35-21-9-11-23-39(35)36/h1-24,36-37H,25-26H2/q+3. The highest BCUT2D eigenvalue weighted by Crippen LogP contribution is 2.36. The second-order valence-electron chi connectivity index (χ2n) is 10.8. The van der Waals surface area contributed by atoms with Crippen LogP contribution in [0.25, 0.3) is 33.8 Å². The summed E-state index contributed by atoms with van der Waals surface area (Å²) in [4.78, 5) is 0. The first kappa shape index (κ1) is 23.0. The minimum Gasteiger partial charge on any atom is -0.191 e. The van der Waals surface area contributed by atoms with Crippen LogP contribution in [0.15, 0.2) is 146 Å². The van der Waals surface area contributed by atoms with E-state index in [1.165, 1.54) is 50.5 Å². The first-order chi connectivity index (χ1) is 19.9. The summed E-state index contributed by atoms with van der Waals surface area (Å²) in [7, 11) is 0. The van der Waals surface area contributed by atoms with E-state index >= 15 is 0 Å². The molecule has 3 aromatic carbocycles. The lowest BCUT2D eigenvalue weighted by molar-refractivity contribution is -0.781. The average Bonchev–Trinajstić information content (AvgIpc) is 3.05. The Labute approximate surface area is 234 Å². The summed E-state index contributed by atoms with van der Waals surface area (Å²) < 4.78 is 7.47. The molecule has 6 aromatic rings. The Bertz CT molecular complexity index is 1750. The Balaban J connectivity index is 1.59. The number of hydrogen-bond acceptors (Lipinski definition) is 0. The highest BCUT2D eigenvalue weighted by Gasteiger charge is 2.39. The molecule has 3 aromatic heterocycles. The van der Waals surface area contributed by atoms with Gasteiger partial charge in [-0.1, -0.05) is 54.6 Å². The van der Waals surface area contributed by atoms with Crippen LogP contribution in [-0.2, 0) is 13.0 Å². The predicted octanol–water partition coefficient (Wildman–Crippen LogP) is 6.30. The number of fused-ring (bicyclic) bond motifs is 8. The van der Waals surface area contributed by atoms with Crippen LogP contribution in [0.1, 0.15) is 28.8 Å². The number of hydrogen-bond donors (Lipinski definition) is 0. The number of pyridine rings is 3. The van der Waals surface area contributed by atoms with Crippen molar-refractivity contribution in [1.29, 1.82) is 0 Å². The molecule has 190 valence electrons. The van der Waals surface area contributed by atoms with Crippen molar-refractivity contribution < 1.29 is 13.7 Å². The molecule has 2 atom stereocenters. The average molecular weight is 517 g/mol. The molecule has 3 nitrogen and oxygen atoms in total. The Morgan fingerprint density at radius 3 is 1.68 bits per heavy atom. The minimum absolute atomic E-state index is 0.0714. The monoisotopic (exact) mass is 516 g/mol. The third kappa shape index (κ3) is 3.62. The molecule has 2 unspecified atom stereocenters. The summed E-state index contributed by atoms with van der Waals surface area (Å²) in [6.07, 6.45) is 7.67. The Kier molecular flexibility index (Phi) is 5.41. The van der Waals surface area contributed by atoms with Gasteiger partial charge in [-0.25, -0.2) is 0 Å². The van der Waals surface area contributed by atoms with Crippen molar-refractivity contribution in [3.8, 4) is 33.8 Å². The van der Waals surface area contributed by atoms with E-state index in [9.17, 15) is 0 Å². The first-order valence-corrected chi connectivity index (χ1v) is 14.1. The summed E-state index contributed by atoms with van der Waals surface area (Å²) in [6, 6.07) is 47.1. The van der Waals surface area contributed by atoms with Gasteiger partial charge >= 0.3 is 0 Å². The van der Waals surface area contributed by atoms with Gasteiger partial charge in [0.15, 0.2) is 24.6 Å². The summed E-state index contributed by atoms with van der Waals surface area (Å²) >= 11 is 0. The van der Waals surface area contributed by atoms with Crippen LogP contribution in [0.5, 0.6) is 0 Å². The zero-order valence-electron chi connectivity index (χ0n) is 22.3. The van der Waals surface area contributed by atoms with Crippen molar-refractivity contribution in [2.45, 2.75) is 25.0 Å². The van der Waals surface area contributed by atoms with Crippen molar-refractivity contribution in [2.75, 3.05) is 0 Å². The van der Waals surface area contributed by atoms with Gasteiger partial charge in [0.1, 0.15) is 0 Å². The molecule has 0 fully saturated rings. The molecule has 0 spiro atoms. The van der Waals surface area contributed by atoms with Crippen LogP contribution in [0.4, 0.5) is 0 Å². The van der Waals surface area contributed by atoms with Crippen molar-refractivity contribution in [3.05, 3.63) is 163 Å². The zero-order chi connectivity index (χ0) is 26.5. The van der Waals surface area contributed by atoms with E-state index in [0.29, 0.717) is 0 Å². The van der Waals surface area contributed by atoms with Crippen LogP contribution < -0.4 is 13.7 Å². The fraction of sp³-hybridized carbons (Fsp3) is 0.108. The van der Waals surface area contributed by atoms with E-state index in [4.69, 9.17) is 0 Å². The van der Waals surface area contributed by atoms with Gasteiger partial charge in [0.05, 0.1) is 11.1 Å². The Hall–Kier alpha value is -4.89. The number of benzene rings is 3. The quantitative estimate of drug-likeness (QED) is 0.210. The molecule has 40 heavy (non-hydrogen) atoms. The molecule has 2 bridgehead atoms. The molecular formula is C37H30N3+3. The highest BCUT2D eigenvalue weighted by atomic mass is 15.1. The third-order valence-electron chi connectivity index (χ3n) is 8.66. The van der Waals surface area contributed by atoms with Gasteiger partial charge in [-0.3, -0.25) is 0 Å². The number of rotatable bonds is 0. The van der Waals surface area contributed by atoms with Gasteiger partial charge in [0.2, 0.25) is 29.7 Å². The van der Waals surface area contributed by atoms with Crippen molar-refractivity contribution >= 4 is 0 Å². The van der Waals surface area contributed by atoms with Crippen molar-refractivity contribution in [3.63, 3.8) is 0 Å². The largest absolute Gasteiger partial charge is 0.243 e. The second kappa shape index (κ2) is 9.39. The molecule has 2 aliphatic heterocycles.